The summed E-state index contributed by atoms with van der Waals surface area (Å²) in [5.41, 5.74) is 0.224. The third-order valence-corrected chi connectivity index (χ3v) is 4.63. The lowest BCUT2D eigenvalue weighted by Crippen LogP contribution is -2.30. The molecule has 2 aromatic heterocycles. The fourth-order valence-electron chi connectivity index (χ4n) is 3.09. The van der Waals surface area contributed by atoms with E-state index >= 15 is 0 Å². The molecule has 0 unspecified atom stereocenters. The Balaban J connectivity index is 1.70. The summed E-state index contributed by atoms with van der Waals surface area (Å²) < 4.78 is 45.6. The van der Waals surface area contributed by atoms with Gasteiger partial charge in [0.1, 0.15) is 29.7 Å². The van der Waals surface area contributed by atoms with Gasteiger partial charge in [0.2, 0.25) is 0 Å². The van der Waals surface area contributed by atoms with Gasteiger partial charge in [-0.2, -0.15) is 13.2 Å². The molecule has 1 fully saturated rings. The smallest absolute Gasteiger partial charge is 0.388 e. The van der Waals surface area contributed by atoms with Crippen molar-refractivity contribution in [3.63, 3.8) is 0 Å². The highest BCUT2D eigenvalue weighted by Gasteiger charge is 2.42. The number of imidazole rings is 1. The summed E-state index contributed by atoms with van der Waals surface area (Å²) in [6.07, 6.45) is -5.52. The number of hydrogen-bond acceptors (Lipinski definition) is 6. The number of aromatic nitrogens is 4. The Morgan fingerprint density at radius 1 is 1.10 bits per heavy atom. The molecular formula is C19H15F3N4O3. The van der Waals surface area contributed by atoms with Crippen molar-refractivity contribution >= 4 is 11.2 Å². The van der Waals surface area contributed by atoms with Gasteiger partial charge in [-0.25, -0.2) is 15.0 Å². The van der Waals surface area contributed by atoms with Crippen LogP contribution in [0.25, 0.3) is 11.2 Å². The standard InChI is InChI=1S/C19H15F3N4O3/c1-10-15(27)16(28)18(29-10)26-9-25-14-13(23-8-24-17(14)26)6-5-11-3-2-4-12(7-11)19(20,21)22/h2-4,7-10,15-16,18,27-28H,1H3/t10-,15-,16-,18-/m1/s1. The number of hydrogen-bond donors (Lipinski definition) is 2. The van der Waals surface area contributed by atoms with Crippen LogP contribution in [-0.4, -0.2) is 48.0 Å². The number of alkyl halides is 3. The Kier molecular flexibility index (Phi) is 4.74. The minimum Gasteiger partial charge on any atom is -0.388 e. The van der Waals surface area contributed by atoms with Crippen molar-refractivity contribution in [2.24, 2.45) is 0 Å². The first-order chi connectivity index (χ1) is 13.8. The number of aliphatic hydroxyl groups is 2. The molecule has 0 bridgehead atoms. The molecule has 0 aliphatic carbocycles. The van der Waals surface area contributed by atoms with Crippen molar-refractivity contribution in [2.75, 3.05) is 0 Å². The van der Waals surface area contributed by atoms with E-state index in [9.17, 15) is 23.4 Å². The molecule has 0 spiro atoms. The lowest BCUT2D eigenvalue weighted by atomic mass is 10.1. The average Bonchev–Trinajstić information content (AvgIpc) is 3.23. The number of ether oxygens (including phenoxy) is 1. The van der Waals surface area contributed by atoms with Crippen LogP contribution in [0.15, 0.2) is 36.9 Å². The fourth-order valence-corrected chi connectivity index (χ4v) is 3.09. The first-order valence-electron chi connectivity index (χ1n) is 8.64. The molecule has 3 aromatic rings. The Morgan fingerprint density at radius 3 is 2.59 bits per heavy atom. The van der Waals surface area contributed by atoms with Gasteiger partial charge < -0.3 is 14.9 Å². The third kappa shape index (κ3) is 3.55. The van der Waals surface area contributed by atoms with Crippen molar-refractivity contribution < 1.29 is 28.1 Å². The van der Waals surface area contributed by atoms with E-state index in [1.165, 1.54) is 29.4 Å². The molecule has 0 saturated carbocycles. The maximum absolute atomic E-state index is 12.8. The number of fused-ring (bicyclic) bond motifs is 1. The Hall–Kier alpha value is -3.00. The van der Waals surface area contributed by atoms with Crippen molar-refractivity contribution in [1.82, 2.24) is 19.5 Å². The zero-order valence-corrected chi connectivity index (χ0v) is 15.0. The third-order valence-electron chi connectivity index (χ3n) is 4.63. The minimum atomic E-state index is -4.46. The highest BCUT2D eigenvalue weighted by atomic mass is 19.4. The first-order valence-corrected chi connectivity index (χ1v) is 8.64. The lowest BCUT2D eigenvalue weighted by molar-refractivity contribution is -0.137. The van der Waals surface area contributed by atoms with Crippen LogP contribution in [0, 0.1) is 11.8 Å². The van der Waals surface area contributed by atoms with E-state index < -0.39 is 36.3 Å². The van der Waals surface area contributed by atoms with Crippen LogP contribution in [0.5, 0.6) is 0 Å². The second kappa shape index (κ2) is 7.11. The van der Waals surface area contributed by atoms with Gasteiger partial charge in [-0.15, -0.1) is 0 Å². The van der Waals surface area contributed by atoms with Crippen molar-refractivity contribution in [2.45, 2.75) is 37.6 Å². The predicted molar refractivity (Wildman–Crippen MR) is 94.3 cm³/mol. The maximum Gasteiger partial charge on any atom is 0.416 e. The normalized spacial score (nSPS) is 24.5. The van der Waals surface area contributed by atoms with Gasteiger partial charge in [0.25, 0.3) is 0 Å². The van der Waals surface area contributed by atoms with Crippen LogP contribution < -0.4 is 0 Å². The Bertz CT molecular complexity index is 1120. The van der Waals surface area contributed by atoms with Crippen LogP contribution in [-0.2, 0) is 10.9 Å². The molecule has 4 rings (SSSR count). The predicted octanol–water partition coefficient (Wildman–Crippen LogP) is 1.88. The van der Waals surface area contributed by atoms with E-state index in [1.54, 1.807) is 6.92 Å². The van der Waals surface area contributed by atoms with Crippen LogP contribution in [0.4, 0.5) is 13.2 Å². The molecule has 150 valence electrons. The van der Waals surface area contributed by atoms with E-state index in [0.717, 1.165) is 12.1 Å². The van der Waals surface area contributed by atoms with Crippen molar-refractivity contribution in [1.29, 1.82) is 0 Å². The highest BCUT2D eigenvalue weighted by Crippen LogP contribution is 2.31. The van der Waals surface area contributed by atoms with E-state index in [4.69, 9.17) is 4.74 Å². The molecule has 3 heterocycles. The van der Waals surface area contributed by atoms with Gasteiger partial charge in [0.05, 0.1) is 18.0 Å². The molecule has 10 heteroatoms. The quantitative estimate of drug-likeness (QED) is 0.602. The van der Waals surface area contributed by atoms with Gasteiger partial charge in [-0.05, 0) is 31.0 Å². The zero-order chi connectivity index (χ0) is 20.8. The van der Waals surface area contributed by atoms with Crippen molar-refractivity contribution in [3.05, 3.63) is 53.7 Å². The van der Waals surface area contributed by atoms with E-state index in [-0.39, 0.29) is 11.3 Å². The number of nitrogens with zero attached hydrogens (tertiary/aromatic N) is 4. The summed E-state index contributed by atoms with van der Waals surface area (Å²) in [6.45, 7) is 1.63. The number of aliphatic hydroxyl groups excluding tert-OH is 2. The largest absolute Gasteiger partial charge is 0.416 e. The molecule has 1 aliphatic heterocycles. The van der Waals surface area contributed by atoms with E-state index in [1.807, 2.05) is 0 Å². The number of halogens is 3. The summed E-state index contributed by atoms with van der Waals surface area (Å²) in [6, 6.07) is 4.67. The monoisotopic (exact) mass is 404 g/mol. The van der Waals surface area contributed by atoms with Gasteiger partial charge >= 0.3 is 6.18 Å². The zero-order valence-electron chi connectivity index (χ0n) is 15.0. The molecule has 1 aliphatic rings. The SMILES string of the molecule is C[C@H]1O[C@@H](n2cnc3c(C#Cc4cccc(C(F)(F)F)c4)ncnc32)[C@H](O)[C@@H]1O. The van der Waals surface area contributed by atoms with Crippen LogP contribution in [0.2, 0.25) is 0 Å². The molecule has 2 N–H and O–H groups in total. The number of benzene rings is 1. The molecule has 29 heavy (non-hydrogen) atoms. The van der Waals surface area contributed by atoms with Gasteiger partial charge in [0, 0.05) is 5.56 Å². The number of rotatable bonds is 1. The summed E-state index contributed by atoms with van der Waals surface area (Å²) >= 11 is 0. The molecule has 0 radical (unpaired) electrons. The topological polar surface area (TPSA) is 93.3 Å². The second-order valence-electron chi connectivity index (χ2n) is 6.59. The summed E-state index contributed by atoms with van der Waals surface area (Å²) in [5, 5.41) is 20.1. The molecule has 4 atom stereocenters. The summed E-state index contributed by atoms with van der Waals surface area (Å²) in [4.78, 5) is 12.4. The summed E-state index contributed by atoms with van der Waals surface area (Å²) in [7, 11) is 0. The van der Waals surface area contributed by atoms with Crippen LogP contribution in [0.1, 0.15) is 30.0 Å². The molecule has 1 saturated heterocycles. The molecule has 7 nitrogen and oxygen atoms in total. The average molecular weight is 404 g/mol. The Labute approximate surface area is 162 Å². The first kappa shape index (κ1) is 19.3. The van der Waals surface area contributed by atoms with Crippen molar-refractivity contribution in [3.8, 4) is 11.8 Å². The van der Waals surface area contributed by atoms with Gasteiger partial charge in [-0.3, -0.25) is 4.57 Å². The molecule has 1 aromatic carbocycles. The van der Waals surface area contributed by atoms with Crippen LogP contribution >= 0.6 is 0 Å². The van der Waals surface area contributed by atoms with Gasteiger partial charge in [0.15, 0.2) is 11.9 Å². The molecular weight excluding hydrogens is 389 g/mol. The van der Waals surface area contributed by atoms with E-state index in [2.05, 4.69) is 26.8 Å². The second-order valence-corrected chi connectivity index (χ2v) is 6.59. The van der Waals surface area contributed by atoms with Gasteiger partial charge in [-0.1, -0.05) is 12.0 Å². The lowest BCUT2D eigenvalue weighted by Gasteiger charge is -2.16. The minimum absolute atomic E-state index is 0.178. The highest BCUT2D eigenvalue weighted by molar-refractivity contribution is 5.76. The summed E-state index contributed by atoms with van der Waals surface area (Å²) in [5.74, 6) is 5.38. The van der Waals surface area contributed by atoms with E-state index in [0.29, 0.717) is 11.2 Å². The Morgan fingerprint density at radius 2 is 1.90 bits per heavy atom. The molecule has 0 amide bonds. The van der Waals surface area contributed by atoms with Crippen LogP contribution in [0.3, 0.4) is 0 Å². The maximum atomic E-state index is 12.8. The fraction of sp³-hybridized carbons (Fsp3) is 0.316.